The van der Waals surface area contributed by atoms with E-state index >= 15 is 0 Å². The second kappa shape index (κ2) is 8.58. The van der Waals surface area contributed by atoms with Gasteiger partial charge in [-0.05, 0) is 33.7 Å². The van der Waals surface area contributed by atoms with Gasteiger partial charge >= 0.3 is 6.09 Å². The maximum Gasteiger partial charge on any atom is 0.407 e. The molecule has 3 N–H and O–H groups in total. The monoisotopic (exact) mass is 299 g/mol. The van der Waals surface area contributed by atoms with Crippen LogP contribution in [0.4, 0.5) is 4.79 Å². The van der Waals surface area contributed by atoms with Crippen molar-refractivity contribution >= 4 is 6.09 Å². The Morgan fingerprint density at radius 2 is 2.19 bits per heavy atom. The van der Waals surface area contributed by atoms with Crippen molar-refractivity contribution in [3.8, 4) is 0 Å². The summed E-state index contributed by atoms with van der Waals surface area (Å²) >= 11 is 0. The summed E-state index contributed by atoms with van der Waals surface area (Å²) in [6, 6.07) is 0. The summed E-state index contributed by atoms with van der Waals surface area (Å²) in [7, 11) is 0. The number of carbonyl (C=O) groups excluding carboxylic acids is 1. The van der Waals surface area contributed by atoms with Gasteiger partial charge in [-0.25, -0.2) is 9.48 Å². The number of carbonyl (C=O) groups is 1. The average Bonchev–Trinajstić information content (AvgIpc) is 2.79. The van der Waals surface area contributed by atoms with Crippen LogP contribution in [-0.2, 0) is 17.8 Å². The quantitative estimate of drug-likeness (QED) is 0.596. The lowest BCUT2D eigenvalue weighted by Gasteiger charge is -2.19. The van der Waals surface area contributed by atoms with Gasteiger partial charge < -0.3 is 20.5 Å². The van der Waals surface area contributed by atoms with Crippen LogP contribution < -0.4 is 10.6 Å². The third-order valence-electron chi connectivity index (χ3n) is 2.42. The van der Waals surface area contributed by atoms with E-state index in [2.05, 4.69) is 20.9 Å². The van der Waals surface area contributed by atoms with Crippen LogP contribution in [0.5, 0.6) is 0 Å². The second-order valence-corrected chi connectivity index (χ2v) is 5.66. The molecule has 1 heterocycles. The number of nitrogens with zero attached hydrogens (tertiary/aromatic N) is 3. The molecule has 0 unspecified atom stereocenters. The van der Waals surface area contributed by atoms with Crippen molar-refractivity contribution in [3.05, 3.63) is 11.9 Å². The summed E-state index contributed by atoms with van der Waals surface area (Å²) in [5.41, 5.74) is 0.353. The average molecular weight is 299 g/mol. The summed E-state index contributed by atoms with van der Waals surface area (Å²) in [5, 5.41) is 22.5. The fourth-order valence-electron chi connectivity index (χ4n) is 1.57. The Morgan fingerprint density at radius 3 is 2.86 bits per heavy atom. The SMILES string of the molecule is CC(C)(C)OC(=O)NCCCNCc1cn(CCO)nn1. The lowest BCUT2D eigenvalue weighted by molar-refractivity contribution is 0.0527. The number of aliphatic hydroxyl groups is 1. The molecule has 21 heavy (non-hydrogen) atoms. The van der Waals surface area contributed by atoms with E-state index in [0.717, 1.165) is 18.7 Å². The minimum Gasteiger partial charge on any atom is -0.444 e. The molecule has 8 nitrogen and oxygen atoms in total. The van der Waals surface area contributed by atoms with Gasteiger partial charge in [0.1, 0.15) is 5.60 Å². The summed E-state index contributed by atoms with van der Waals surface area (Å²) < 4.78 is 6.73. The molecule has 0 spiro atoms. The van der Waals surface area contributed by atoms with Crippen molar-refractivity contribution < 1.29 is 14.6 Å². The lowest BCUT2D eigenvalue weighted by atomic mass is 10.2. The van der Waals surface area contributed by atoms with E-state index in [1.807, 2.05) is 20.8 Å². The summed E-state index contributed by atoms with van der Waals surface area (Å²) in [4.78, 5) is 11.4. The largest absolute Gasteiger partial charge is 0.444 e. The van der Waals surface area contributed by atoms with Crippen LogP contribution in [0, 0.1) is 0 Å². The Morgan fingerprint density at radius 1 is 1.43 bits per heavy atom. The molecule has 1 aromatic heterocycles. The molecular formula is C13H25N5O3. The lowest BCUT2D eigenvalue weighted by Crippen LogP contribution is -2.33. The molecule has 0 aliphatic heterocycles. The van der Waals surface area contributed by atoms with E-state index < -0.39 is 11.7 Å². The van der Waals surface area contributed by atoms with Gasteiger partial charge in [0, 0.05) is 19.3 Å². The first-order valence-corrected chi connectivity index (χ1v) is 7.08. The fraction of sp³-hybridized carbons (Fsp3) is 0.769. The molecule has 1 amide bonds. The smallest absolute Gasteiger partial charge is 0.407 e. The van der Waals surface area contributed by atoms with Crippen LogP contribution in [0.1, 0.15) is 32.9 Å². The number of aromatic nitrogens is 3. The van der Waals surface area contributed by atoms with Crippen molar-refractivity contribution in [3.63, 3.8) is 0 Å². The summed E-state index contributed by atoms with van der Waals surface area (Å²) in [6.45, 7) is 7.91. The number of aliphatic hydroxyl groups excluding tert-OH is 1. The minimum atomic E-state index is -0.470. The number of nitrogens with one attached hydrogen (secondary N) is 2. The number of alkyl carbamates (subject to hydrolysis) is 1. The highest BCUT2D eigenvalue weighted by molar-refractivity contribution is 5.67. The normalized spacial score (nSPS) is 11.4. The number of hydrogen-bond donors (Lipinski definition) is 3. The Kier molecular flexibility index (Phi) is 7.10. The van der Waals surface area contributed by atoms with E-state index in [9.17, 15) is 4.79 Å². The maximum atomic E-state index is 11.4. The molecule has 0 aliphatic rings. The molecule has 0 saturated carbocycles. The summed E-state index contributed by atoms with van der Waals surface area (Å²) in [5.74, 6) is 0. The molecule has 120 valence electrons. The molecule has 0 saturated heterocycles. The first-order valence-electron chi connectivity index (χ1n) is 7.08. The number of hydrogen-bond acceptors (Lipinski definition) is 6. The number of amides is 1. The molecule has 8 heteroatoms. The predicted octanol–water partition coefficient (Wildman–Crippen LogP) is 0.275. The van der Waals surface area contributed by atoms with E-state index in [1.165, 1.54) is 0 Å². The third kappa shape index (κ3) is 8.26. The van der Waals surface area contributed by atoms with E-state index in [1.54, 1.807) is 10.9 Å². The van der Waals surface area contributed by atoms with Crippen LogP contribution in [0.25, 0.3) is 0 Å². The van der Waals surface area contributed by atoms with Crippen LogP contribution in [0.3, 0.4) is 0 Å². The van der Waals surface area contributed by atoms with Crippen molar-refractivity contribution in [2.45, 2.75) is 45.9 Å². The van der Waals surface area contributed by atoms with Gasteiger partial charge in [0.2, 0.25) is 0 Å². The highest BCUT2D eigenvalue weighted by Crippen LogP contribution is 2.06. The van der Waals surface area contributed by atoms with Crippen molar-refractivity contribution in [1.29, 1.82) is 0 Å². The van der Waals surface area contributed by atoms with Crippen molar-refractivity contribution in [2.24, 2.45) is 0 Å². The molecule has 0 fully saturated rings. The molecule has 1 aromatic rings. The Hall–Kier alpha value is -1.67. The van der Waals surface area contributed by atoms with Crippen LogP contribution in [0.15, 0.2) is 6.20 Å². The third-order valence-corrected chi connectivity index (χ3v) is 2.42. The highest BCUT2D eigenvalue weighted by Gasteiger charge is 2.15. The van der Waals surface area contributed by atoms with E-state index in [0.29, 0.717) is 19.6 Å². The Labute approximate surface area is 124 Å². The van der Waals surface area contributed by atoms with Crippen LogP contribution >= 0.6 is 0 Å². The summed E-state index contributed by atoms with van der Waals surface area (Å²) in [6.07, 6.45) is 2.20. The van der Waals surface area contributed by atoms with Gasteiger partial charge in [-0.1, -0.05) is 5.21 Å². The molecule has 0 atom stereocenters. The first kappa shape index (κ1) is 17.4. The van der Waals surface area contributed by atoms with Crippen LogP contribution in [0.2, 0.25) is 0 Å². The Balaban J connectivity index is 2.05. The van der Waals surface area contributed by atoms with E-state index in [-0.39, 0.29) is 6.61 Å². The fourth-order valence-corrected chi connectivity index (χ4v) is 1.57. The van der Waals surface area contributed by atoms with Crippen molar-refractivity contribution in [1.82, 2.24) is 25.6 Å². The van der Waals surface area contributed by atoms with Crippen molar-refractivity contribution in [2.75, 3.05) is 19.7 Å². The van der Waals surface area contributed by atoms with Gasteiger partial charge in [0.05, 0.1) is 18.8 Å². The zero-order chi connectivity index (χ0) is 15.7. The zero-order valence-corrected chi connectivity index (χ0v) is 12.9. The van der Waals surface area contributed by atoms with Gasteiger partial charge in [-0.2, -0.15) is 0 Å². The first-order chi connectivity index (χ1) is 9.90. The molecule has 0 aliphatic carbocycles. The zero-order valence-electron chi connectivity index (χ0n) is 12.9. The van der Waals surface area contributed by atoms with E-state index in [4.69, 9.17) is 9.84 Å². The minimum absolute atomic E-state index is 0.0482. The second-order valence-electron chi connectivity index (χ2n) is 5.66. The van der Waals surface area contributed by atoms with Gasteiger partial charge in [-0.15, -0.1) is 5.10 Å². The number of ether oxygens (including phenoxy) is 1. The molecule has 0 radical (unpaired) electrons. The molecule has 1 rings (SSSR count). The molecular weight excluding hydrogens is 274 g/mol. The maximum absolute atomic E-state index is 11.4. The standard InChI is InChI=1S/C13H25N5O3/c1-13(2,3)21-12(20)15-6-4-5-14-9-11-10-18(7-8-19)17-16-11/h10,14,19H,4-9H2,1-3H3,(H,15,20). The molecule has 0 aromatic carbocycles. The van der Waals surface area contributed by atoms with Gasteiger partial charge in [0.15, 0.2) is 0 Å². The highest BCUT2D eigenvalue weighted by atomic mass is 16.6. The Bertz CT molecular complexity index is 428. The van der Waals surface area contributed by atoms with Gasteiger partial charge in [0.25, 0.3) is 0 Å². The van der Waals surface area contributed by atoms with Gasteiger partial charge in [-0.3, -0.25) is 0 Å². The predicted molar refractivity (Wildman–Crippen MR) is 77.7 cm³/mol. The molecule has 0 bridgehead atoms. The topological polar surface area (TPSA) is 101 Å². The number of rotatable bonds is 8. The van der Waals surface area contributed by atoms with Crippen LogP contribution in [-0.4, -0.2) is 51.5 Å².